The fourth-order valence-electron chi connectivity index (χ4n) is 4.08. The van der Waals surface area contributed by atoms with Crippen LogP contribution in [0.3, 0.4) is 0 Å². The van der Waals surface area contributed by atoms with E-state index < -0.39 is 23.0 Å². The summed E-state index contributed by atoms with van der Waals surface area (Å²) in [4.78, 5) is 34.7. The Kier molecular flexibility index (Phi) is 8.18. The van der Waals surface area contributed by atoms with Crippen molar-refractivity contribution in [1.29, 1.82) is 0 Å². The van der Waals surface area contributed by atoms with Crippen LogP contribution >= 0.6 is 11.6 Å². The van der Waals surface area contributed by atoms with E-state index in [1.165, 1.54) is 37.4 Å². The van der Waals surface area contributed by atoms with Crippen LogP contribution in [0.4, 0.5) is 15.8 Å². The first-order valence-corrected chi connectivity index (χ1v) is 13.0. The predicted molar refractivity (Wildman–Crippen MR) is 150 cm³/mol. The molecule has 0 saturated heterocycles. The van der Waals surface area contributed by atoms with E-state index in [2.05, 4.69) is 20.6 Å². The van der Waals surface area contributed by atoms with Crippen LogP contribution in [0.1, 0.15) is 12.8 Å². The standard InChI is InChI=1S/C29H26ClFN4O6/c1-38-13-14-40-24-16-21-25(35-26(24)39-2)23(9-12-32-21)41-22-8-7-19(15-20(22)30)34-28(37)29(10-11-29)27(36)33-18-5-3-17(31)4-6-18/h3-9,12,15-16H,10-11,13-14H2,1-2H3,(H,33,36)(H,34,37). The van der Waals surface area contributed by atoms with Gasteiger partial charge in [0.15, 0.2) is 11.5 Å². The summed E-state index contributed by atoms with van der Waals surface area (Å²) in [5.41, 5.74) is 0.545. The zero-order valence-electron chi connectivity index (χ0n) is 22.2. The number of methoxy groups -OCH3 is 2. The molecule has 4 aromatic rings. The highest BCUT2D eigenvalue weighted by Gasteiger charge is 2.56. The Morgan fingerprint density at radius 3 is 2.29 bits per heavy atom. The number of benzene rings is 2. The number of nitrogens with zero attached hydrogens (tertiary/aromatic N) is 2. The first-order valence-electron chi connectivity index (χ1n) is 12.6. The molecule has 10 nitrogen and oxygen atoms in total. The highest BCUT2D eigenvalue weighted by molar-refractivity contribution is 6.32. The number of halogens is 2. The molecule has 2 aromatic heterocycles. The minimum absolute atomic E-state index is 0.222. The van der Waals surface area contributed by atoms with Gasteiger partial charge in [0.05, 0.1) is 24.3 Å². The summed E-state index contributed by atoms with van der Waals surface area (Å²) < 4.78 is 35.3. The highest BCUT2D eigenvalue weighted by atomic mass is 35.5. The molecule has 0 bridgehead atoms. The number of hydrogen-bond acceptors (Lipinski definition) is 8. The molecule has 1 aliphatic carbocycles. The number of amides is 2. The normalized spacial score (nSPS) is 13.4. The predicted octanol–water partition coefficient (Wildman–Crippen LogP) is 5.61. The molecule has 0 atom stereocenters. The second-order valence-corrected chi connectivity index (χ2v) is 9.67. The Labute approximate surface area is 239 Å². The summed E-state index contributed by atoms with van der Waals surface area (Å²) in [7, 11) is 3.06. The van der Waals surface area contributed by atoms with E-state index in [0.29, 0.717) is 65.7 Å². The zero-order chi connectivity index (χ0) is 29.0. The van der Waals surface area contributed by atoms with Gasteiger partial charge in [-0.25, -0.2) is 9.37 Å². The van der Waals surface area contributed by atoms with Crippen LogP contribution in [-0.4, -0.2) is 49.2 Å². The van der Waals surface area contributed by atoms with Crippen LogP contribution in [0.25, 0.3) is 11.0 Å². The van der Waals surface area contributed by atoms with Gasteiger partial charge >= 0.3 is 0 Å². The molecule has 41 heavy (non-hydrogen) atoms. The number of nitrogens with one attached hydrogen (secondary N) is 2. The number of rotatable bonds is 11. The molecule has 2 aromatic carbocycles. The largest absolute Gasteiger partial charge is 0.485 e. The van der Waals surface area contributed by atoms with Crippen molar-refractivity contribution in [1.82, 2.24) is 9.97 Å². The van der Waals surface area contributed by atoms with E-state index in [9.17, 15) is 14.0 Å². The Hall–Kier alpha value is -4.48. The Bertz CT molecular complexity index is 1600. The first kappa shape index (κ1) is 28.1. The van der Waals surface area contributed by atoms with E-state index in [1.54, 1.807) is 37.6 Å². The molecule has 212 valence electrons. The maximum atomic E-state index is 13.2. The Balaban J connectivity index is 1.29. The van der Waals surface area contributed by atoms with Crippen LogP contribution in [0.15, 0.2) is 60.8 Å². The summed E-state index contributed by atoms with van der Waals surface area (Å²) >= 11 is 6.50. The molecule has 2 amide bonds. The van der Waals surface area contributed by atoms with Crippen LogP contribution < -0.4 is 24.8 Å². The number of hydrogen-bond donors (Lipinski definition) is 2. The van der Waals surface area contributed by atoms with E-state index in [4.69, 9.17) is 30.5 Å². The molecular formula is C29H26ClFN4O6. The molecule has 2 heterocycles. The number of fused-ring (bicyclic) bond motifs is 1. The fourth-order valence-corrected chi connectivity index (χ4v) is 4.29. The number of ether oxygens (including phenoxy) is 4. The average Bonchev–Trinajstić information content (AvgIpc) is 3.78. The van der Waals surface area contributed by atoms with Crippen molar-refractivity contribution in [2.75, 3.05) is 38.1 Å². The van der Waals surface area contributed by atoms with Crippen LogP contribution in [0.2, 0.25) is 5.02 Å². The van der Waals surface area contributed by atoms with E-state index in [0.717, 1.165) is 0 Å². The molecule has 5 rings (SSSR count). The zero-order valence-corrected chi connectivity index (χ0v) is 23.0. The van der Waals surface area contributed by atoms with Crippen molar-refractivity contribution in [3.05, 3.63) is 71.6 Å². The van der Waals surface area contributed by atoms with Gasteiger partial charge < -0.3 is 29.6 Å². The number of aromatic nitrogens is 2. The number of pyridine rings is 2. The van der Waals surface area contributed by atoms with Crippen molar-refractivity contribution >= 4 is 45.8 Å². The van der Waals surface area contributed by atoms with Gasteiger partial charge in [-0.3, -0.25) is 14.6 Å². The Morgan fingerprint density at radius 2 is 1.63 bits per heavy atom. The van der Waals surface area contributed by atoms with Crippen LogP contribution in [0, 0.1) is 11.2 Å². The van der Waals surface area contributed by atoms with Gasteiger partial charge in [0.1, 0.15) is 29.1 Å². The maximum Gasteiger partial charge on any atom is 0.257 e. The quantitative estimate of drug-likeness (QED) is 0.174. The fraction of sp³-hybridized carbons (Fsp3) is 0.241. The molecule has 2 N–H and O–H groups in total. The number of carbonyl (C=O) groups is 2. The van der Waals surface area contributed by atoms with Gasteiger partial charge in [0.2, 0.25) is 11.8 Å². The first-order chi connectivity index (χ1) is 19.8. The second-order valence-electron chi connectivity index (χ2n) is 9.26. The summed E-state index contributed by atoms with van der Waals surface area (Å²) in [6.45, 7) is 0.714. The van der Waals surface area contributed by atoms with E-state index in [1.807, 2.05) is 0 Å². The summed E-state index contributed by atoms with van der Waals surface area (Å²) in [6.07, 6.45) is 2.36. The molecule has 0 spiro atoms. The summed E-state index contributed by atoms with van der Waals surface area (Å²) in [5, 5.41) is 5.66. The molecular weight excluding hydrogens is 555 g/mol. The SMILES string of the molecule is COCCOc1cc2nccc(Oc3ccc(NC(=O)C4(C(=O)Nc5ccc(F)cc5)CC4)cc3Cl)c2nc1OC. The topological polar surface area (TPSA) is 121 Å². The summed E-state index contributed by atoms with van der Waals surface area (Å²) in [5.74, 6) is 0.0389. The third kappa shape index (κ3) is 6.16. The van der Waals surface area contributed by atoms with Gasteiger partial charge in [0, 0.05) is 36.8 Å². The van der Waals surface area contributed by atoms with Gasteiger partial charge in [-0.2, -0.15) is 0 Å². The van der Waals surface area contributed by atoms with Gasteiger partial charge in [-0.05, 0) is 55.3 Å². The van der Waals surface area contributed by atoms with Gasteiger partial charge in [0.25, 0.3) is 5.88 Å². The minimum Gasteiger partial charge on any atom is -0.485 e. The lowest BCUT2D eigenvalue weighted by Crippen LogP contribution is -2.35. The summed E-state index contributed by atoms with van der Waals surface area (Å²) in [6, 6.07) is 13.4. The number of carbonyl (C=O) groups excluding carboxylic acids is 2. The van der Waals surface area contributed by atoms with Crippen LogP contribution in [0.5, 0.6) is 23.1 Å². The lowest BCUT2D eigenvalue weighted by molar-refractivity contribution is -0.131. The van der Waals surface area contributed by atoms with Crippen molar-refractivity contribution in [3.63, 3.8) is 0 Å². The monoisotopic (exact) mass is 580 g/mol. The maximum absolute atomic E-state index is 13.2. The average molecular weight is 581 g/mol. The lowest BCUT2D eigenvalue weighted by atomic mass is 10.0. The Morgan fingerprint density at radius 1 is 0.927 bits per heavy atom. The van der Waals surface area contributed by atoms with Crippen molar-refractivity contribution in [2.45, 2.75) is 12.8 Å². The van der Waals surface area contributed by atoms with Gasteiger partial charge in [-0.1, -0.05) is 11.6 Å². The molecule has 1 aliphatic rings. The minimum atomic E-state index is -1.21. The smallest absolute Gasteiger partial charge is 0.257 e. The third-order valence-electron chi connectivity index (χ3n) is 6.48. The molecule has 1 fully saturated rings. The second kappa shape index (κ2) is 11.9. The molecule has 12 heteroatoms. The van der Waals surface area contributed by atoms with Crippen molar-refractivity contribution < 1.29 is 32.9 Å². The molecule has 0 unspecified atom stereocenters. The van der Waals surface area contributed by atoms with E-state index >= 15 is 0 Å². The van der Waals surface area contributed by atoms with Gasteiger partial charge in [-0.15, -0.1) is 0 Å². The molecule has 1 saturated carbocycles. The number of anilines is 2. The van der Waals surface area contributed by atoms with Crippen molar-refractivity contribution in [3.8, 4) is 23.1 Å². The van der Waals surface area contributed by atoms with Crippen molar-refractivity contribution in [2.24, 2.45) is 5.41 Å². The highest BCUT2D eigenvalue weighted by Crippen LogP contribution is 2.48. The van der Waals surface area contributed by atoms with Crippen LogP contribution in [-0.2, 0) is 14.3 Å². The third-order valence-corrected chi connectivity index (χ3v) is 6.77. The van der Waals surface area contributed by atoms with E-state index in [-0.39, 0.29) is 10.9 Å². The molecule has 0 aliphatic heterocycles. The lowest BCUT2D eigenvalue weighted by Gasteiger charge is -2.16. The molecule has 0 radical (unpaired) electrons.